The summed E-state index contributed by atoms with van der Waals surface area (Å²) in [6, 6.07) is 23.1. The minimum absolute atomic E-state index is 0.0713. The Balaban J connectivity index is 1.75. The first kappa shape index (κ1) is 17.6. The number of nitrogens with zero attached hydrogens (tertiary/aromatic N) is 4. The fraction of sp³-hybridized carbons (Fsp3) is 0.160. The smallest absolute Gasteiger partial charge is 0.159 e. The van der Waals surface area contributed by atoms with Crippen molar-refractivity contribution in [3.63, 3.8) is 0 Å². The van der Waals surface area contributed by atoms with Gasteiger partial charge in [0, 0.05) is 24.4 Å². The zero-order chi connectivity index (χ0) is 19.8. The van der Waals surface area contributed by atoms with Crippen LogP contribution in [-0.2, 0) is 0 Å². The second-order valence-electron chi connectivity index (χ2n) is 7.47. The highest BCUT2D eigenvalue weighted by molar-refractivity contribution is 6.05. The van der Waals surface area contributed by atoms with Gasteiger partial charge in [-0.15, -0.1) is 0 Å². The molecule has 0 amide bonds. The fourth-order valence-corrected chi connectivity index (χ4v) is 4.14. The Labute approximate surface area is 170 Å². The number of aliphatic imine (C=N–C) groups is 1. The molecule has 4 nitrogen and oxygen atoms in total. The van der Waals surface area contributed by atoms with Crippen molar-refractivity contribution in [1.29, 1.82) is 0 Å². The number of pyridine rings is 1. The van der Waals surface area contributed by atoms with Crippen molar-refractivity contribution in [3.8, 4) is 11.1 Å². The van der Waals surface area contributed by atoms with Gasteiger partial charge in [0.05, 0.1) is 17.4 Å². The van der Waals surface area contributed by atoms with Crippen LogP contribution >= 0.6 is 0 Å². The molecule has 4 heteroatoms. The maximum absolute atomic E-state index is 5.15. The maximum Gasteiger partial charge on any atom is 0.159 e. The van der Waals surface area contributed by atoms with Crippen molar-refractivity contribution >= 4 is 11.5 Å². The standard InChI is InChI=1S/C25H22N4/c1-17-9-6-7-13-21(17)22-15-23(20-12-8-14-26-16-20)29-25(27-22)24(18(2)28-29)19-10-4-3-5-11-19/h3-14,16,23H,15H2,1-2H3/t23-/m1/s1. The molecule has 0 radical (unpaired) electrons. The predicted molar refractivity (Wildman–Crippen MR) is 117 cm³/mol. The summed E-state index contributed by atoms with van der Waals surface area (Å²) in [5.74, 6) is 0.923. The summed E-state index contributed by atoms with van der Waals surface area (Å²) >= 11 is 0. The molecule has 0 saturated heterocycles. The van der Waals surface area contributed by atoms with Crippen LogP contribution in [0.5, 0.6) is 0 Å². The second kappa shape index (κ2) is 7.13. The van der Waals surface area contributed by atoms with Crippen molar-refractivity contribution in [2.24, 2.45) is 4.99 Å². The third kappa shape index (κ3) is 3.07. The number of benzene rings is 2. The van der Waals surface area contributed by atoms with E-state index in [1.807, 2.05) is 24.5 Å². The van der Waals surface area contributed by atoms with Gasteiger partial charge in [-0.2, -0.15) is 5.10 Å². The predicted octanol–water partition coefficient (Wildman–Crippen LogP) is 5.68. The molecule has 0 fully saturated rings. The summed E-state index contributed by atoms with van der Waals surface area (Å²) in [7, 11) is 0. The molecular formula is C25H22N4. The summed E-state index contributed by atoms with van der Waals surface area (Å²) in [4.78, 5) is 9.50. The van der Waals surface area contributed by atoms with E-state index in [4.69, 9.17) is 10.1 Å². The number of rotatable bonds is 3. The van der Waals surface area contributed by atoms with Crippen LogP contribution in [0.4, 0.5) is 5.82 Å². The quantitative estimate of drug-likeness (QED) is 0.460. The van der Waals surface area contributed by atoms with E-state index in [1.165, 1.54) is 11.1 Å². The number of hydrogen-bond donors (Lipinski definition) is 0. The molecule has 0 aliphatic carbocycles. The van der Waals surface area contributed by atoms with Crippen molar-refractivity contribution in [1.82, 2.24) is 14.8 Å². The molecule has 0 N–H and O–H groups in total. The van der Waals surface area contributed by atoms with Gasteiger partial charge in [0.15, 0.2) is 5.82 Å². The molecule has 1 aliphatic heterocycles. The molecule has 0 spiro atoms. The monoisotopic (exact) mass is 378 g/mol. The Morgan fingerprint density at radius 2 is 1.69 bits per heavy atom. The molecule has 5 rings (SSSR count). The number of aryl methyl sites for hydroxylation is 2. The van der Waals surface area contributed by atoms with E-state index in [1.54, 1.807) is 0 Å². The first-order chi connectivity index (χ1) is 14.2. The molecular weight excluding hydrogens is 356 g/mol. The average molecular weight is 378 g/mol. The SMILES string of the molecule is Cc1ccccc1C1=Nc2c(-c3ccccc3)c(C)nn2[C@@H](c2cccnc2)C1. The van der Waals surface area contributed by atoms with E-state index in [2.05, 4.69) is 78.1 Å². The molecule has 2 aromatic carbocycles. The van der Waals surface area contributed by atoms with Crippen LogP contribution in [0.3, 0.4) is 0 Å². The zero-order valence-corrected chi connectivity index (χ0v) is 16.6. The van der Waals surface area contributed by atoms with E-state index in [0.717, 1.165) is 40.3 Å². The lowest BCUT2D eigenvalue weighted by molar-refractivity contribution is 0.528. The van der Waals surface area contributed by atoms with Crippen LogP contribution < -0.4 is 0 Å². The Hall–Kier alpha value is -3.53. The summed E-state index contributed by atoms with van der Waals surface area (Å²) in [6.45, 7) is 4.21. The first-order valence-corrected chi connectivity index (χ1v) is 9.90. The van der Waals surface area contributed by atoms with Crippen LogP contribution in [0.25, 0.3) is 11.1 Å². The Morgan fingerprint density at radius 3 is 2.45 bits per heavy atom. The zero-order valence-electron chi connectivity index (χ0n) is 16.6. The number of fused-ring (bicyclic) bond motifs is 1. The lowest BCUT2D eigenvalue weighted by atomic mass is 9.94. The van der Waals surface area contributed by atoms with Gasteiger partial charge in [-0.3, -0.25) is 4.98 Å². The minimum atomic E-state index is 0.0713. The van der Waals surface area contributed by atoms with E-state index >= 15 is 0 Å². The minimum Gasteiger partial charge on any atom is -0.264 e. The third-order valence-corrected chi connectivity index (χ3v) is 5.57. The van der Waals surface area contributed by atoms with Crippen LogP contribution in [-0.4, -0.2) is 20.5 Å². The first-order valence-electron chi connectivity index (χ1n) is 9.90. The van der Waals surface area contributed by atoms with Crippen LogP contribution in [0.1, 0.15) is 34.8 Å². The van der Waals surface area contributed by atoms with Crippen LogP contribution in [0.2, 0.25) is 0 Å². The van der Waals surface area contributed by atoms with Crippen LogP contribution in [0, 0.1) is 13.8 Å². The van der Waals surface area contributed by atoms with Gasteiger partial charge in [-0.1, -0.05) is 60.7 Å². The summed E-state index contributed by atoms with van der Waals surface area (Å²) in [5, 5.41) is 4.92. The molecule has 142 valence electrons. The highest BCUT2D eigenvalue weighted by Gasteiger charge is 2.30. The maximum atomic E-state index is 5.15. The van der Waals surface area contributed by atoms with Crippen molar-refractivity contribution in [2.45, 2.75) is 26.3 Å². The summed E-state index contributed by atoms with van der Waals surface area (Å²) < 4.78 is 2.08. The molecule has 4 aromatic rings. The molecule has 29 heavy (non-hydrogen) atoms. The van der Waals surface area contributed by atoms with Crippen molar-refractivity contribution < 1.29 is 0 Å². The second-order valence-corrected chi connectivity index (χ2v) is 7.47. The van der Waals surface area contributed by atoms with E-state index < -0.39 is 0 Å². The largest absolute Gasteiger partial charge is 0.264 e. The Bertz CT molecular complexity index is 1190. The molecule has 2 aromatic heterocycles. The third-order valence-electron chi connectivity index (χ3n) is 5.57. The Kier molecular flexibility index (Phi) is 4.32. The van der Waals surface area contributed by atoms with E-state index in [9.17, 15) is 0 Å². The lowest BCUT2D eigenvalue weighted by Crippen LogP contribution is -2.21. The molecule has 1 aliphatic rings. The summed E-state index contributed by atoms with van der Waals surface area (Å²) in [6.07, 6.45) is 4.54. The van der Waals surface area contributed by atoms with Gasteiger partial charge in [0.1, 0.15) is 0 Å². The average Bonchev–Trinajstić information content (AvgIpc) is 3.10. The van der Waals surface area contributed by atoms with Gasteiger partial charge in [0.25, 0.3) is 0 Å². The molecule has 0 saturated carbocycles. The van der Waals surface area contributed by atoms with Crippen molar-refractivity contribution in [2.75, 3.05) is 0 Å². The van der Waals surface area contributed by atoms with Crippen LogP contribution in [0.15, 0.2) is 84.1 Å². The number of aromatic nitrogens is 3. The van der Waals surface area contributed by atoms with E-state index in [0.29, 0.717) is 0 Å². The Morgan fingerprint density at radius 1 is 0.897 bits per heavy atom. The highest BCUT2D eigenvalue weighted by atomic mass is 15.4. The van der Waals surface area contributed by atoms with Gasteiger partial charge in [-0.25, -0.2) is 9.67 Å². The molecule has 0 bridgehead atoms. The normalized spacial score (nSPS) is 15.7. The van der Waals surface area contributed by atoms with Gasteiger partial charge in [0.2, 0.25) is 0 Å². The number of hydrogen-bond acceptors (Lipinski definition) is 3. The van der Waals surface area contributed by atoms with E-state index in [-0.39, 0.29) is 6.04 Å². The molecule has 3 heterocycles. The lowest BCUT2D eigenvalue weighted by Gasteiger charge is -2.25. The fourth-order valence-electron chi connectivity index (χ4n) is 4.14. The summed E-state index contributed by atoms with van der Waals surface area (Å²) in [5.41, 5.74) is 7.93. The highest BCUT2D eigenvalue weighted by Crippen LogP contribution is 2.41. The molecule has 1 atom stereocenters. The molecule has 0 unspecified atom stereocenters. The van der Waals surface area contributed by atoms with Gasteiger partial charge < -0.3 is 0 Å². The topological polar surface area (TPSA) is 43.1 Å². The van der Waals surface area contributed by atoms with Gasteiger partial charge in [-0.05, 0) is 42.2 Å². The van der Waals surface area contributed by atoms with Gasteiger partial charge >= 0.3 is 0 Å². The van der Waals surface area contributed by atoms with Crippen molar-refractivity contribution in [3.05, 3.63) is 102 Å².